The Morgan fingerprint density at radius 3 is 1.50 bits per heavy atom. The molecule has 3 rings (SSSR count). The normalized spacial score (nSPS) is 23.5. The van der Waals surface area contributed by atoms with Crippen molar-refractivity contribution < 1.29 is 9.47 Å². The second-order valence-electron chi connectivity index (χ2n) is 7.15. The third-order valence-electron chi connectivity index (χ3n) is 5.02. The minimum atomic E-state index is 0.706. The number of allylic oxidation sites excluding steroid dienone is 4. The van der Waals surface area contributed by atoms with Crippen LogP contribution < -0.4 is 0 Å². The van der Waals surface area contributed by atoms with Crippen LogP contribution in [0.5, 0.6) is 0 Å². The van der Waals surface area contributed by atoms with Gasteiger partial charge in [0, 0.05) is 0 Å². The summed E-state index contributed by atoms with van der Waals surface area (Å²) < 4.78 is 11.8. The molecule has 0 spiro atoms. The molecule has 130 valence electrons. The third kappa shape index (κ3) is 5.92. The summed E-state index contributed by atoms with van der Waals surface area (Å²) in [5.41, 5.74) is 2.50. The van der Waals surface area contributed by atoms with E-state index in [0.29, 0.717) is 11.8 Å². The van der Waals surface area contributed by atoms with Gasteiger partial charge >= 0.3 is 0 Å². The Hall–Kier alpha value is -1.38. The van der Waals surface area contributed by atoms with Gasteiger partial charge in [-0.15, -0.1) is 0 Å². The van der Waals surface area contributed by atoms with Crippen molar-refractivity contribution in [3.8, 4) is 0 Å². The lowest BCUT2D eigenvalue weighted by molar-refractivity contribution is 0.0823. The summed E-state index contributed by atoms with van der Waals surface area (Å²) in [4.78, 5) is 0. The molecule has 0 aromatic heterocycles. The van der Waals surface area contributed by atoms with E-state index in [1.165, 1.54) is 49.7 Å². The number of hydrogen-bond acceptors (Lipinski definition) is 2. The molecule has 0 bridgehead atoms. The average Bonchev–Trinajstić information content (AvgIpc) is 2.65. The molecule has 1 aromatic carbocycles. The van der Waals surface area contributed by atoms with E-state index in [2.05, 4.69) is 48.6 Å². The van der Waals surface area contributed by atoms with Gasteiger partial charge in [-0.1, -0.05) is 48.6 Å². The van der Waals surface area contributed by atoms with Gasteiger partial charge in [0.2, 0.25) is 0 Å². The van der Waals surface area contributed by atoms with Crippen LogP contribution >= 0.6 is 0 Å². The van der Waals surface area contributed by atoms with Gasteiger partial charge in [0.25, 0.3) is 0 Å². The first kappa shape index (κ1) is 17.4. The van der Waals surface area contributed by atoms with Gasteiger partial charge < -0.3 is 9.47 Å². The number of ether oxygens (including phenoxy) is 2. The Kier molecular flexibility index (Phi) is 7.13. The first-order chi connectivity index (χ1) is 11.9. The highest BCUT2D eigenvalue weighted by molar-refractivity contribution is 5.21. The lowest BCUT2D eigenvalue weighted by Gasteiger charge is -2.18. The highest BCUT2D eigenvalue weighted by atomic mass is 16.5. The highest BCUT2D eigenvalue weighted by Gasteiger charge is 2.10. The first-order valence-corrected chi connectivity index (χ1v) is 9.43. The van der Waals surface area contributed by atoms with Crippen LogP contribution in [0, 0.1) is 11.8 Å². The monoisotopic (exact) mass is 326 g/mol. The minimum absolute atomic E-state index is 0.706. The fourth-order valence-corrected chi connectivity index (χ4v) is 3.43. The van der Waals surface area contributed by atoms with Gasteiger partial charge in [-0.05, 0) is 61.5 Å². The molecule has 2 nitrogen and oxygen atoms in total. The van der Waals surface area contributed by atoms with E-state index in [0.717, 1.165) is 26.4 Å². The lowest BCUT2D eigenvalue weighted by atomic mass is 9.95. The van der Waals surface area contributed by atoms with Crippen molar-refractivity contribution in [2.45, 2.75) is 51.7 Å². The smallest absolute Gasteiger partial charge is 0.0717 e. The third-order valence-corrected chi connectivity index (χ3v) is 5.02. The fraction of sp³-hybridized carbons (Fsp3) is 0.545. The molecule has 2 heteroatoms. The van der Waals surface area contributed by atoms with Crippen molar-refractivity contribution in [2.24, 2.45) is 11.8 Å². The van der Waals surface area contributed by atoms with Crippen molar-refractivity contribution in [1.82, 2.24) is 0 Å². The molecule has 0 radical (unpaired) electrons. The van der Waals surface area contributed by atoms with Crippen LogP contribution in [0.15, 0.2) is 48.6 Å². The molecule has 0 fully saturated rings. The summed E-state index contributed by atoms with van der Waals surface area (Å²) >= 11 is 0. The maximum Gasteiger partial charge on any atom is 0.0717 e. The molecule has 2 unspecified atom stereocenters. The SMILES string of the molecule is C1=CCC(COCc2ccc(COCC3CC=CCC3)cc2)CC1. The Morgan fingerprint density at radius 1 is 0.667 bits per heavy atom. The van der Waals surface area contributed by atoms with E-state index >= 15 is 0 Å². The van der Waals surface area contributed by atoms with Crippen molar-refractivity contribution in [1.29, 1.82) is 0 Å². The lowest BCUT2D eigenvalue weighted by Crippen LogP contribution is -2.11. The summed E-state index contributed by atoms with van der Waals surface area (Å²) in [6.45, 7) is 3.20. The Labute approximate surface area is 146 Å². The van der Waals surface area contributed by atoms with E-state index < -0.39 is 0 Å². The van der Waals surface area contributed by atoms with E-state index in [1.807, 2.05) is 0 Å². The van der Waals surface area contributed by atoms with Gasteiger partial charge in [0.05, 0.1) is 26.4 Å². The molecular weight excluding hydrogens is 296 g/mol. The second kappa shape index (κ2) is 9.80. The van der Waals surface area contributed by atoms with Crippen LogP contribution in [0.2, 0.25) is 0 Å². The van der Waals surface area contributed by atoms with Crippen molar-refractivity contribution in [3.63, 3.8) is 0 Å². The van der Waals surface area contributed by atoms with Gasteiger partial charge in [0.1, 0.15) is 0 Å². The van der Waals surface area contributed by atoms with Crippen LogP contribution in [0.4, 0.5) is 0 Å². The molecular formula is C22H30O2. The van der Waals surface area contributed by atoms with Crippen molar-refractivity contribution in [3.05, 3.63) is 59.7 Å². The maximum absolute atomic E-state index is 5.89. The largest absolute Gasteiger partial charge is 0.376 e. The molecule has 2 aliphatic carbocycles. The average molecular weight is 326 g/mol. The number of rotatable bonds is 8. The quantitative estimate of drug-likeness (QED) is 0.593. The van der Waals surface area contributed by atoms with E-state index in [4.69, 9.17) is 9.47 Å². The zero-order valence-corrected chi connectivity index (χ0v) is 14.7. The summed E-state index contributed by atoms with van der Waals surface area (Å²) in [5, 5.41) is 0. The van der Waals surface area contributed by atoms with Crippen molar-refractivity contribution in [2.75, 3.05) is 13.2 Å². The highest BCUT2D eigenvalue weighted by Crippen LogP contribution is 2.20. The van der Waals surface area contributed by atoms with Crippen LogP contribution in [0.1, 0.15) is 49.7 Å². The molecule has 0 saturated carbocycles. The van der Waals surface area contributed by atoms with Crippen molar-refractivity contribution >= 4 is 0 Å². The number of benzene rings is 1. The van der Waals surface area contributed by atoms with Crippen LogP contribution in [-0.2, 0) is 22.7 Å². The Bertz CT molecular complexity index is 480. The number of hydrogen-bond donors (Lipinski definition) is 0. The van der Waals surface area contributed by atoms with E-state index in [9.17, 15) is 0 Å². The maximum atomic E-state index is 5.89. The van der Waals surface area contributed by atoms with Crippen LogP contribution in [0.3, 0.4) is 0 Å². The minimum Gasteiger partial charge on any atom is -0.376 e. The predicted molar refractivity (Wildman–Crippen MR) is 98.7 cm³/mol. The molecule has 1 aromatic rings. The summed E-state index contributed by atoms with van der Waals surface area (Å²) in [6.07, 6.45) is 16.4. The van der Waals surface area contributed by atoms with Crippen LogP contribution in [0.25, 0.3) is 0 Å². The topological polar surface area (TPSA) is 18.5 Å². The molecule has 0 N–H and O–H groups in total. The standard InChI is InChI=1S/C22H30O2/c1-3-7-19(8-4-1)15-23-17-21-11-13-22(14-12-21)18-24-16-20-9-5-2-6-10-20/h1-3,5,11-14,19-20H,4,6-10,15-18H2. The molecule has 2 aliphatic rings. The zero-order valence-electron chi connectivity index (χ0n) is 14.7. The van der Waals surface area contributed by atoms with E-state index in [1.54, 1.807) is 0 Å². The molecule has 24 heavy (non-hydrogen) atoms. The summed E-state index contributed by atoms with van der Waals surface area (Å²) in [6, 6.07) is 8.68. The first-order valence-electron chi connectivity index (χ1n) is 9.43. The molecule has 2 atom stereocenters. The molecule has 0 amide bonds. The van der Waals surface area contributed by atoms with Gasteiger partial charge in [-0.2, -0.15) is 0 Å². The summed E-state index contributed by atoms with van der Waals surface area (Å²) in [7, 11) is 0. The Morgan fingerprint density at radius 2 is 1.12 bits per heavy atom. The molecule has 0 aliphatic heterocycles. The molecule has 0 heterocycles. The predicted octanol–water partition coefficient (Wildman–Crippen LogP) is 5.43. The molecule has 0 saturated heterocycles. The van der Waals surface area contributed by atoms with Gasteiger partial charge in [-0.25, -0.2) is 0 Å². The zero-order chi connectivity index (χ0) is 16.5. The van der Waals surface area contributed by atoms with Gasteiger partial charge in [0.15, 0.2) is 0 Å². The van der Waals surface area contributed by atoms with E-state index in [-0.39, 0.29) is 0 Å². The fourth-order valence-electron chi connectivity index (χ4n) is 3.43. The van der Waals surface area contributed by atoms with Crippen LogP contribution in [-0.4, -0.2) is 13.2 Å². The van der Waals surface area contributed by atoms with Gasteiger partial charge in [-0.3, -0.25) is 0 Å². The summed E-state index contributed by atoms with van der Waals surface area (Å²) in [5.74, 6) is 1.41. The second-order valence-corrected chi connectivity index (χ2v) is 7.15. The Balaban J connectivity index is 1.32.